The molecule has 6 nitrogen and oxygen atoms in total. The van der Waals surface area contributed by atoms with Crippen LogP contribution in [-0.2, 0) is 0 Å². The van der Waals surface area contributed by atoms with Crippen LogP contribution in [0.4, 0.5) is 18.9 Å². The summed E-state index contributed by atoms with van der Waals surface area (Å²) in [6, 6.07) is 5.25. The van der Waals surface area contributed by atoms with Gasteiger partial charge in [-0.1, -0.05) is 12.1 Å². The van der Waals surface area contributed by atoms with Gasteiger partial charge in [0, 0.05) is 0 Å². The molecule has 0 aliphatic heterocycles. The van der Waals surface area contributed by atoms with Gasteiger partial charge in [0.2, 0.25) is 11.8 Å². The summed E-state index contributed by atoms with van der Waals surface area (Å²) >= 11 is 0. The highest BCUT2D eigenvalue weighted by molar-refractivity contribution is 5.57. The number of aromatic nitrogens is 2. The molecule has 9 heteroatoms. The summed E-state index contributed by atoms with van der Waals surface area (Å²) in [6.07, 6.45) is -3.73. The molecule has 0 unspecified atom stereocenters. The van der Waals surface area contributed by atoms with Crippen LogP contribution in [0.5, 0.6) is 23.3 Å². The second-order valence-electron chi connectivity index (χ2n) is 3.70. The van der Waals surface area contributed by atoms with Crippen LogP contribution in [0.15, 0.2) is 30.6 Å². The van der Waals surface area contributed by atoms with E-state index in [0.29, 0.717) is 0 Å². The molecular formula is C12H10F3N3O3. The first-order valence-corrected chi connectivity index (χ1v) is 5.58. The van der Waals surface area contributed by atoms with Gasteiger partial charge in [0.15, 0.2) is 17.2 Å². The Hall–Kier alpha value is -2.71. The number of hydrogen-bond donors (Lipinski definition) is 1. The highest BCUT2D eigenvalue weighted by atomic mass is 19.4. The lowest BCUT2D eigenvalue weighted by molar-refractivity contribution is -0.275. The molecule has 0 saturated carbocycles. The SMILES string of the molecule is COc1ncnc(Oc2ccccc2OC(F)(F)F)c1N. The van der Waals surface area contributed by atoms with Crippen molar-refractivity contribution < 1.29 is 27.4 Å². The molecule has 1 heterocycles. The molecule has 1 aromatic carbocycles. The number of nitrogens with zero attached hydrogens (tertiary/aromatic N) is 2. The van der Waals surface area contributed by atoms with Gasteiger partial charge in [-0.3, -0.25) is 0 Å². The largest absolute Gasteiger partial charge is 0.573 e. The average molecular weight is 301 g/mol. The lowest BCUT2D eigenvalue weighted by atomic mass is 10.3. The molecule has 0 spiro atoms. The maximum absolute atomic E-state index is 12.3. The third-order valence-electron chi connectivity index (χ3n) is 2.29. The minimum Gasteiger partial charge on any atom is -0.479 e. The molecule has 0 fully saturated rings. The van der Waals surface area contributed by atoms with Gasteiger partial charge in [0.05, 0.1) is 7.11 Å². The monoisotopic (exact) mass is 301 g/mol. The number of para-hydroxylation sites is 2. The molecule has 0 atom stereocenters. The molecule has 2 aromatic rings. The van der Waals surface area contributed by atoms with Crippen LogP contribution in [0.25, 0.3) is 0 Å². The fourth-order valence-electron chi connectivity index (χ4n) is 1.46. The van der Waals surface area contributed by atoms with Gasteiger partial charge < -0.3 is 19.9 Å². The number of nitrogen functional groups attached to an aromatic ring is 1. The van der Waals surface area contributed by atoms with Gasteiger partial charge in [-0.05, 0) is 12.1 Å². The van der Waals surface area contributed by atoms with Gasteiger partial charge >= 0.3 is 6.36 Å². The Kier molecular flexibility index (Phi) is 4.01. The summed E-state index contributed by atoms with van der Waals surface area (Å²) in [4.78, 5) is 7.48. The normalized spacial score (nSPS) is 11.0. The Labute approximate surface area is 117 Å². The third-order valence-corrected chi connectivity index (χ3v) is 2.29. The first-order valence-electron chi connectivity index (χ1n) is 5.58. The molecule has 21 heavy (non-hydrogen) atoms. The van der Waals surface area contributed by atoms with Crippen molar-refractivity contribution in [2.24, 2.45) is 0 Å². The molecule has 2 rings (SSSR count). The van der Waals surface area contributed by atoms with E-state index in [-0.39, 0.29) is 23.2 Å². The van der Waals surface area contributed by atoms with E-state index in [1.807, 2.05) is 0 Å². The van der Waals surface area contributed by atoms with Gasteiger partial charge in [-0.2, -0.15) is 9.97 Å². The quantitative estimate of drug-likeness (QED) is 0.935. The lowest BCUT2D eigenvalue weighted by Crippen LogP contribution is -2.17. The zero-order valence-corrected chi connectivity index (χ0v) is 10.7. The molecule has 0 saturated heterocycles. The molecule has 0 radical (unpaired) electrons. The van der Waals surface area contributed by atoms with Crippen molar-refractivity contribution >= 4 is 5.69 Å². The van der Waals surface area contributed by atoms with E-state index in [2.05, 4.69) is 14.7 Å². The van der Waals surface area contributed by atoms with E-state index < -0.39 is 12.1 Å². The Morgan fingerprint density at radius 1 is 1.05 bits per heavy atom. The molecule has 2 N–H and O–H groups in total. The lowest BCUT2D eigenvalue weighted by Gasteiger charge is -2.14. The maximum Gasteiger partial charge on any atom is 0.573 e. The fraction of sp³-hybridized carbons (Fsp3) is 0.167. The van der Waals surface area contributed by atoms with Crippen LogP contribution in [0, 0.1) is 0 Å². The number of hydrogen-bond acceptors (Lipinski definition) is 6. The topological polar surface area (TPSA) is 79.5 Å². The van der Waals surface area contributed by atoms with Gasteiger partial charge in [-0.25, -0.2) is 0 Å². The highest BCUT2D eigenvalue weighted by Crippen LogP contribution is 2.37. The number of nitrogens with two attached hydrogens (primary N) is 1. The molecule has 0 aliphatic carbocycles. The Balaban J connectivity index is 2.32. The number of anilines is 1. The highest BCUT2D eigenvalue weighted by Gasteiger charge is 2.32. The van der Waals surface area contributed by atoms with Crippen LogP contribution >= 0.6 is 0 Å². The van der Waals surface area contributed by atoms with E-state index in [1.165, 1.54) is 25.3 Å². The molecule has 112 valence electrons. The van der Waals surface area contributed by atoms with Crippen molar-refractivity contribution in [3.05, 3.63) is 30.6 Å². The molecule has 0 amide bonds. The predicted molar refractivity (Wildman–Crippen MR) is 66.2 cm³/mol. The van der Waals surface area contributed by atoms with Crippen LogP contribution in [0.3, 0.4) is 0 Å². The fourth-order valence-corrected chi connectivity index (χ4v) is 1.46. The van der Waals surface area contributed by atoms with E-state index in [1.54, 1.807) is 0 Å². The summed E-state index contributed by atoms with van der Waals surface area (Å²) < 4.78 is 50.9. The second-order valence-corrected chi connectivity index (χ2v) is 3.70. The van der Waals surface area contributed by atoms with Crippen molar-refractivity contribution in [2.45, 2.75) is 6.36 Å². The van der Waals surface area contributed by atoms with Crippen molar-refractivity contribution in [3.63, 3.8) is 0 Å². The van der Waals surface area contributed by atoms with Crippen molar-refractivity contribution in [1.29, 1.82) is 0 Å². The predicted octanol–water partition coefficient (Wildman–Crippen LogP) is 2.76. The standard InChI is InChI=1S/C12H10F3N3O3/c1-19-10-9(16)11(18-6-17-10)20-7-4-2-3-5-8(7)21-12(13,14)15/h2-6H,16H2,1H3. The summed E-state index contributed by atoms with van der Waals surface area (Å²) in [5, 5.41) is 0. The van der Waals surface area contributed by atoms with E-state index in [0.717, 1.165) is 12.4 Å². The summed E-state index contributed by atoms with van der Waals surface area (Å²) in [5.74, 6) is -0.793. The summed E-state index contributed by atoms with van der Waals surface area (Å²) in [5.41, 5.74) is 5.64. The van der Waals surface area contributed by atoms with Crippen LogP contribution in [0.1, 0.15) is 0 Å². The van der Waals surface area contributed by atoms with E-state index >= 15 is 0 Å². The Bertz CT molecular complexity index is 635. The Morgan fingerprint density at radius 2 is 1.67 bits per heavy atom. The number of alkyl halides is 3. The zero-order valence-electron chi connectivity index (χ0n) is 10.7. The molecule has 0 aliphatic rings. The summed E-state index contributed by atoms with van der Waals surface area (Å²) in [7, 11) is 1.34. The smallest absolute Gasteiger partial charge is 0.479 e. The van der Waals surface area contributed by atoms with Crippen molar-refractivity contribution in [2.75, 3.05) is 12.8 Å². The minimum atomic E-state index is -4.84. The molecule has 0 bridgehead atoms. The van der Waals surface area contributed by atoms with E-state index in [4.69, 9.17) is 15.2 Å². The number of benzene rings is 1. The van der Waals surface area contributed by atoms with Crippen molar-refractivity contribution in [3.8, 4) is 23.3 Å². The van der Waals surface area contributed by atoms with Crippen LogP contribution < -0.4 is 19.9 Å². The molecular weight excluding hydrogens is 291 g/mol. The van der Waals surface area contributed by atoms with Crippen molar-refractivity contribution in [1.82, 2.24) is 9.97 Å². The van der Waals surface area contributed by atoms with Gasteiger partial charge in [0.25, 0.3) is 0 Å². The third kappa shape index (κ3) is 3.65. The zero-order chi connectivity index (χ0) is 15.5. The van der Waals surface area contributed by atoms with Gasteiger partial charge in [0.1, 0.15) is 6.33 Å². The molecule has 1 aromatic heterocycles. The minimum absolute atomic E-state index is 0.0400. The summed E-state index contributed by atoms with van der Waals surface area (Å²) in [6.45, 7) is 0. The van der Waals surface area contributed by atoms with Gasteiger partial charge in [-0.15, -0.1) is 13.2 Å². The first kappa shape index (κ1) is 14.7. The number of methoxy groups -OCH3 is 1. The van der Waals surface area contributed by atoms with E-state index in [9.17, 15) is 13.2 Å². The second kappa shape index (κ2) is 5.73. The number of halogens is 3. The van der Waals surface area contributed by atoms with Crippen LogP contribution in [0.2, 0.25) is 0 Å². The number of ether oxygens (including phenoxy) is 3. The maximum atomic E-state index is 12.3. The number of rotatable bonds is 4. The van der Waals surface area contributed by atoms with Crippen LogP contribution in [-0.4, -0.2) is 23.4 Å². The Morgan fingerprint density at radius 3 is 2.29 bits per heavy atom. The average Bonchev–Trinajstić information content (AvgIpc) is 2.41. The first-order chi connectivity index (χ1) is 9.90.